The van der Waals surface area contributed by atoms with E-state index in [-0.39, 0.29) is 5.75 Å². The highest BCUT2D eigenvalue weighted by Crippen LogP contribution is 2.40. The van der Waals surface area contributed by atoms with Gasteiger partial charge in [-0.3, -0.25) is 0 Å². The van der Waals surface area contributed by atoms with Gasteiger partial charge in [0, 0.05) is 54.8 Å². The topological polar surface area (TPSA) is 66.4 Å². The molecule has 2 heterocycles. The summed E-state index contributed by atoms with van der Waals surface area (Å²) in [5.41, 5.74) is 3.36. The van der Waals surface area contributed by atoms with E-state index in [9.17, 15) is 8.42 Å². The molecule has 0 atom stereocenters. The minimum Gasteiger partial charge on any atom is -0.354 e. The number of hydrogen-bond donors (Lipinski definition) is 0. The quantitative estimate of drug-likeness (QED) is 0.592. The summed E-state index contributed by atoms with van der Waals surface area (Å²) in [5, 5.41) is 0.724. The lowest BCUT2D eigenvalue weighted by Gasteiger charge is -2.36. The van der Waals surface area contributed by atoms with E-state index < -0.39 is 10.0 Å². The Balaban J connectivity index is 1.65. The molecule has 8 heteroatoms. The van der Waals surface area contributed by atoms with E-state index in [4.69, 9.17) is 21.6 Å². The molecule has 1 aliphatic heterocycles. The maximum atomic E-state index is 12.5. The van der Waals surface area contributed by atoms with E-state index in [1.165, 1.54) is 0 Å². The summed E-state index contributed by atoms with van der Waals surface area (Å²) in [7, 11) is -3.17. The zero-order valence-electron chi connectivity index (χ0n) is 18.3. The van der Waals surface area contributed by atoms with Crippen molar-refractivity contribution < 1.29 is 8.42 Å². The van der Waals surface area contributed by atoms with Gasteiger partial charge >= 0.3 is 0 Å². The number of rotatable bonds is 8. The van der Waals surface area contributed by atoms with Crippen molar-refractivity contribution in [2.75, 3.05) is 36.8 Å². The number of nitrogens with zero attached hydrogens (tertiary/aromatic N) is 4. The van der Waals surface area contributed by atoms with E-state index in [0.29, 0.717) is 38.5 Å². The van der Waals surface area contributed by atoms with Crippen LogP contribution in [-0.2, 0) is 22.9 Å². The molecule has 168 valence electrons. The predicted molar refractivity (Wildman–Crippen MR) is 126 cm³/mol. The molecule has 2 fully saturated rings. The number of halogens is 1. The maximum absolute atomic E-state index is 12.5. The van der Waals surface area contributed by atoms with Crippen LogP contribution >= 0.6 is 11.6 Å². The van der Waals surface area contributed by atoms with Gasteiger partial charge in [0.05, 0.1) is 5.75 Å². The molecule has 2 aliphatic rings. The first kappa shape index (κ1) is 22.5. The van der Waals surface area contributed by atoms with Crippen LogP contribution in [0.25, 0.3) is 0 Å². The van der Waals surface area contributed by atoms with Gasteiger partial charge in [-0.1, -0.05) is 37.6 Å². The fourth-order valence-corrected chi connectivity index (χ4v) is 5.92. The highest BCUT2D eigenvalue weighted by atomic mass is 35.5. The second-order valence-corrected chi connectivity index (χ2v) is 11.0. The van der Waals surface area contributed by atoms with Crippen LogP contribution < -0.4 is 4.90 Å². The monoisotopic (exact) mass is 462 g/mol. The first-order valence-corrected chi connectivity index (χ1v) is 13.3. The van der Waals surface area contributed by atoms with Gasteiger partial charge in [-0.25, -0.2) is 18.4 Å². The Hall–Kier alpha value is -1.70. The van der Waals surface area contributed by atoms with Crippen molar-refractivity contribution in [3.8, 4) is 0 Å². The second-order valence-electron chi connectivity index (χ2n) is 8.47. The van der Waals surface area contributed by atoms with Gasteiger partial charge in [0.1, 0.15) is 11.6 Å². The summed E-state index contributed by atoms with van der Waals surface area (Å²) in [6.45, 7) is 6.35. The molecule has 1 saturated carbocycles. The summed E-state index contributed by atoms with van der Waals surface area (Å²) in [6, 6.07) is 7.93. The van der Waals surface area contributed by atoms with Crippen LogP contribution in [-0.4, -0.2) is 54.6 Å². The summed E-state index contributed by atoms with van der Waals surface area (Å²) in [4.78, 5) is 12.2. The molecule has 0 radical (unpaired) electrons. The Morgan fingerprint density at radius 3 is 2.45 bits per heavy atom. The Kier molecular flexibility index (Phi) is 6.84. The van der Waals surface area contributed by atoms with Crippen molar-refractivity contribution in [3.05, 3.63) is 51.9 Å². The van der Waals surface area contributed by atoms with Crippen molar-refractivity contribution in [1.82, 2.24) is 14.3 Å². The molecule has 1 saturated heterocycles. The van der Waals surface area contributed by atoms with E-state index in [1.54, 1.807) is 4.31 Å². The van der Waals surface area contributed by atoms with E-state index >= 15 is 0 Å². The number of benzene rings is 1. The largest absolute Gasteiger partial charge is 0.354 e. The molecule has 0 amide bonds. The number of aromatic nitrogens is 2. The molecule has 2 aromatic rings. The fourth-order valence-electron chi connectivity index (χ4n) is 4.21. The normalized spacial score (nSPS) is 17.8. The minimum absolute atomic E-state index is 0.215. The SMILES string of the molecule is CCCS(=O)(=O)N1CCN(c2nc(C3CC3)nc(CC)c2Cc2cccc(Cl)c2)CC1. The van der Waals surface area contributed by atoms with Gasteiger partial charge in [0.25, 0.3) is 0 Å². The second kappa shape index (κ2) is 9.43. The van der Waals surface area contributed by atoms with E-state index in [1.807, 2.05) is 25.1 Å². The molecule has 0 unspecified atom stereocenters. The van der Waals surface area contributed by atoms with Crippen molar-refractivity contribution in [2.24, 2.45) is 0 Å². The first-order chi connectivity index (χ1) is 14.9. The summed E-state index contributed by atoms with van der Waals surface area (Å²) in [6.07, 6.45) is 4.51. The molecule has 1 aliphatic carbocycles. The molecule has 0 N–H and O–H groups in total. The van der Waals surface area contributed by atoms with E-state index in [2.05, 4.69) is 17.9 Å². The van der Waals surface area contributed by atoms with Gasteiger partial charge < -0.3 is 4.90 Å². The Morgan fingerprint density at radius 2 is 1.84 bits per heavy atom. The predicted octanol–water partition coefficient (Wildman–Crippen LogP) is 4.02. The highest BCUT2D eigenvalue weighted by Gasteiger charge is 2.32. The van der Waals surface area contributed by atoms with Crippen LogP contribution in [0.1, 0.15) is 61.7 Å². The van der Waals surface area contributed by atoms with Gasteiger partial charge in [-0.2, -0.15) is 4.31 Å². The molecule has 0 spiro atoms. The molecule has 1 aromatic heterocycles. The third-order valence-electron chi connectivity index (χ3n) is 6.03. The van der Waals surface area contributed by atoms with Gasteiger partial charge in [-0.05, 0) is 43.4 Å². The van der Waals surface area contributed by atoms with Crippen LogP contribution in [0.2, 0.25) is 5.02 Å². The van der Waals surface area contributed by atoms with Crippen molar-refractivity contribution in [2.45, 2.75) is 51.9 Å². The number of piperazine rings is 1. The Bertz CT molecular complexity index is 1030. The lowest BCUT2D eigenvalue weighted by atomic mass is 10.0. The van der Waals surface area contributed by atoms with Crippen molar-refractivity contribution in [3.63, 3.8) is 0 Å². The third kappa shape index (κ3) is 5.21. The van der Waals surface area contributed by atoms with Crippen LogP contribution in [0.4, 0.5) is 5.82 Å². The lowest BCUT2D eigenvalue weighted by molar-refractivity contribution is 0.383. The van der Waals surface area contributed by atoms with Crippen LogP contribution in [0.5, 0.6) is 0 Å². The Labute approximate surface area is 190 Å². The molecule has 6 nitrogen and oxygen atoms in total. The molecule has 4 rings (SSSR count). The lowest BCUT2D eigenvalue weighted by Crippen LogP contribution is -2.49. The third-order valence-corrected chi connectivity index (χ3v) is 8.34. The number of hydrogen-bond acceptors (Lipinski definition) is 5. The van der Waals surface area contributed by atoms with Gasteiger partial charge in [0.2, 0.25) is 10.0 Å². The van der Waals surface area contributed by atoms with Crippen LogP contribution in [0, 0.1) is 0 Å². The summed E-state index contributed by atoms with van der Waals surface area (Å²) < 4.78 is 26.6. The smallest absolute Gasteiger partial charge is 0.214 e. The average molecular weight is 463 g/mol. The number of anilines is 1. The van der Waals surface area contributed by atoms with Crippen LogP contribution in [0.15, 0.2) is 24.3 Å². The molecular weight excluding hydrogens is 432 g/mol. The van der Waals surface area contributed by atoms with Gasteiger partial charge in [-0.15, -0.1) is 0 Å². The zero-order valence-corrected chi connectivity index (χ0v) is 19.9. The standard InChI is InChI=1S/C23H31ClN4O2S/c1-3-14-31(29,30)28-12-10-27(11-13-28)23-20(16-17-6-5-7-19(24)15-17)21(4-2)25-22(26-23)18-8-9-18/h5-7,15,18H,3-4,8-14,16H2,1-2H3. The number of aryl methyl sites for hydroxylation is 1. The molecule has 1 aromatic carbocycles. The maximum Gasteiger partial charge on any atom is 0.214 e. The van der Waals surface area contributed by atoms with Crippen molar-refractivity contribution in [1.29, 1.82) is 0 Å². The first-order valence-electron chi connectivity index (χ1n) is 11.3. The molecule has 31 heavy (non-hydrogen) atoms. The number of sulfonamides is 1. The summed E-state index contributed by atoms with van der Waals surface area (Å²) >= 11 is 6.23. The van der Waals surface area contributed by atoms with Gasteiger partial charge in [0.15, 0.2) is 0 Å². The summed E-state index contributed by atoms with van der Waals surface area (Å²) in [5.74, 6) is 2.60. The molecule has 0 bridgehead atoms. The van der Waals surface area contributed by atoms with Crippen LogP contribution in [0.3, 0.4) is 0 Å². The fraction of sp³-hybridized carbons (Fsp3) is 0.565. The Morgan fingerprint density at radius 1 is 1.10 bits per heavy atom. The zero-order chi connectivity index (χ0) is 22.0. The highest BCUT2D eigenvalue weighted by molar-refractivity contribution is 7.89. The average Bonchev–Trinajstić information content (AvgIpc) is 3.59. The van der Waals surface area contributed by atoms with Crippen molar-refractivity contribution >= 4 is 27.4 Å². The minimum atomic E-state index is -3.17. The van der Waals surface area contributed by atoms with E-state index in [0.717, 1.165) is 59.2 Å². The molecular formula is C23H31ClN4O2S.